The molecule has 0 rings (SSSR count). The van der Waals surface area contributed by atoms with Crippen LogP contribution in [0.3, 0.4) is 0 Å². The number of hydrogen-bond acceptors (Lipinski definition) is 4. The summed E-state index contributed by atoms with van der Waals surface area (Å²) < 4.78 is 15.4. The molecule has 0 aromatic rings. The Morgan fingerprint density at radius 1 is 1.27 bits per heavy atom. The zero-order valence-corrected chi connectivity index (χ0v) is 8.77. The minimum absolute atomic E-state index is 0.329. The minimum atomic E-state index is -0.504. The molecule has 5 heteroatoms. The second-order valence-corrected chi connectivity index (χ2v) is 3.41. The van der Waals surface area contributed by atoms with Gasteiger partial charge in [0, 0.05) is 18.6 Å². The van der Waals surface area contributed by atoms with Gasteiger partial charge in [-0.05, 0) is 13.8 Å². The molecule has 0 aromatic carbocycles. The maximum Gasteiger partial charge on any atom is 0.261 e. The predicted molar refractivity (Wildman–Crippen MR) is 47.7 cm³/mol. The third-order valence-electron chi connectivity index (χ3n) is 0.850. The molecular weight excluding hydrogens is 180 g/mol. The standard InChI is InChI=1S/C6H14O3SSi/c1-3-7-6(8-4-2)9-11-5-10/h6,10H,3-5H2,1-2H3. The second kappa shape index (κ2) is 8.54. The van der Waals surface area contributed by atoms with Crippen LogP contribution < -0.4 is 0 Å². The number of thiol groups is 1. The van der Waals surface area contributed by atoms with Gasteiger partial charge in [0.25, 0.3) is 6.48 Å². The zero-order chi connectivity index (χ0) is 8.53. The van der Waals surface area contributed by atoms with Crippen LogP contribution in [0.25, 0.3) is 0 Å². The first-order valence-electron chi connectivity index (χ1n) is 3.57. The monoisotopic (exact) mass is 194 g/mol. The molecule has 0 aliphatic rings. The SMILES string of the molecule is CCOC(OCC)O[Si]CS. The van der Waals surface area contributed by atoms with Crippen LogP contribution in [-0.4, -0.2) is 34.8 Å². The Labute approximate surface area is 75.8 Å². The van der Waals surface area contributed by atoms with Gasteiger partial charge in [-0.25, -0.2) is 0 Å². The first-order valence-corrected chi connectivity index (χ1v) is 5.32. The maximum atomic E-state index is 5.18. The Morgan fingerprint density at radius 3 is 2.18 bits per heavy atom. The topological polar surface area (TPSA) is 27.7 Å². The van der Waals surface area contributed by atoms with Crippen LogP contribution in [0.4, 0.5) is 0 Å². The third-order valence-corrected chi connectivity index (χ3v) is 1.73. The van der Waals surface area contributed by atoms with Crippen LogP contribution in [0.1, 0.15) is 13.8 Å². The van der Waals surface area contributed by atoms with Gasteiger partial charge in [0.05, 0.1) is 0 Å². The fourth-order valence-electron chi connectivity index (χ4n) is 0.494. The fraction of sp³-hybridized carbons (Fsp3) is 1.00. The van der Waals surface area contributed by atoms with Gasteiger partial charge >= 0.3 is 0 Å². The smallest absolute Gasteiger partial charge is 0.261 e. The van der Waals surface area contributed by atoms with E-state index in [-0.39, 0.29) is 0 Å². The first kappa shape index (κ1) is 11.4. The van der Waals surface area contributed by atoms with Crippen molar-refractivity contribution in [3.8, 4) is 0 Å². The molecule has 11 heavy (non-hydrogen) atoms. The lowest BCUT2D eigenvalue weighted by Crippen LogP contribution is -2.23. The summed E-state index contributed by atoms with van der Waals surface area (Å²) >= 11 is 4.01. The summed E-state index contributed by atoms with van der Waals surface area (Å²) in [7, 11) is 0.329. The van der Waals surface area contributed by atoms with E-state index in [1.165, 1.54) is 0 Å². The van der Waals surface area contributed by atoms with Gasteiger partial charge in [-0.3, -0.25) is 0 Å². The van der Waals surface area contributed by atoms with Gasteiger partial charge in [0.1, 0.15) is 0 Å². The highest BCUT2D eigenvalue weighted by Crippen LogP contribution is 1.95. The maximum absolute atomic E-state index is 5.18. The van der Waals surface area contributed by atoms with E-state index in [0.717, 1.165) is 0 Å². The lowest BCUT2D eigenvalue weighted by Gasteiger charge is -2.15. The van der Waals surface area contributed by atoms with E-state index in [1.54, 1.807) is 0 Å². The lowest BCUT2D eigenvalue weighted by molar-refractivity contribution is -0.243. The van der Waals surface area contributed by atoms with Crippen LogP contribution in [-0.2, 0) is 13.9 Å². The van der Waals surface area contributed by atoms with Gasteiger partial charge in [0.2, 0.25) is 9.76 Å². The summed E-state index contributed by atoms with van der Waals surface area (Å²) in [5, 5.41) is 0.705. The highest BCUT2D eigenvalue weighted by atomic mass is 32.1. The molecule has 0 aliphatic heterocycles. The number of rotatable bonds is 7. The van der Waals surface area contributed by atoms with Crippen molar-refractivity contribution in [3.05, 3.63) is 0 Å². The van der Waals surface area contributed by atoms with Gasteiger partial charge in [0.15, 0.2) is 0 Å². The minimum Gasteiger partial charge on any atom is -0.371 e. The van der Waals surface area contributed by atoms with Gasteiger partial charge < -0.3 is 13.9 Å². The Morgan fingerprint density at radius 2 is 1.82 bits per heavy atom. The quantitative estimate of drug-likeness (QED) is 0.370. The van der Waals surface area contributed by atoms with Gasteiger partial charge in [-0.1, -0.05) is 0 Å². The Kier molecular flexibility index (Phi) is 8.89. The van der Waals surface area contributed by atoms with E-state index in [4.69, 9.17) is 13.9 Å². The van der Waals surface area contributed by atoms with Crippen molar-refractivity contribution >= 4 is 22.4 Å². The molecule has 0 unspecified atom stereocenters. The van der Waals surface area contributed by atoms with Crippen molar-refractivity contribution in [2.24, 2.45) is 0 Å². The predicted octanol–water partition coefficient (Wildman–Crippen LogP) is 0.866. The zero-order valence-electron chi connectivity index (χ0n) is 6.87. The number of ether oxygens (including phenoxy) is 2. The molecule has 2 radical (unpaired) electrons. The lowest BCUT2D eigenvalue weighted by atomic mass is 10.8. The summed E-state index contributed by atoms with van der Waals surface area (Å²) in [6.45, 7) is 4.50. The van der Waals surface area contributed by atoms with Gasteiger partial charge in [-0.2, -0.15) is 12.6 Å². The summed E-state index contributed by atoms with van der Waals surface area (Å²) in [6.07, 6.45) is 0. The van der Waals surface area contributed by atoms with E-state index in [2.05, 4.69) is 12.6 Å². The summed E-state index contributed by atoms with van der Waals surface area (Å²) in [4.78, 5) is 0. The normalized spacial score (nSPS) is 10.9. The van der Waals surface area contributed by atoms with E-state index in [9.17, 15) is 0 Å². The van der Waals surface area contributed by atoms with Crippen molar-refractivity contribution in [3.63, 3.8) is 0 Å². The Balaban J connectivity index is 3.34. The molecule has 0 N–H and O–H groups in total. The van der Waals surface area contributed by atoms with Crippen LogP contribution >= 0.6 is 12.6 Å². The number of hydrogen-bond donors (Lipinski definition) is 1. The van der Waals surface area contributed by atoms with Crippen molar-refractivity contribution in [1.82, 2.24) is 0 Å². The molecule has 0 heterocycles. The van der Waals surface area contributed by atoms with Crippen molar-refractivity contribution in [2.75, 3.05) is 18.6 Å². The van der Waals surface area contributed by atoms with E-state index in [1.807, 2.05) is 13.8 Å². The van der Waals surface area contributed by atoms with Gasteiger partial charge in [-0.15, -0.1) is 0 Å². The molecule has 0 fully saturated rings. The molecule has 0 atom stereocenters. The summed E-state index contributed by atoms with van der Waals surface area (Å²) in [5.74, 6) is 0. The third kappa shape index (κ3) is 6.83. The second-order valence-electron chi connectivity index (χ2n) is 1.62. The average molecular weight is 194 g/mol. The molecule has 0 aliphatic carbocycles. The van der Waals surface area contributed by atoms with Crippen molar-refractivity contribution < 1.29 is 13.9 Å². The fourth-order valence-corrected chi connectivity index (χ4v) is 1.06. The molecular formula is C6H14O3SSi. The molecule has 0 saturated carbocycles. The molecule has 0 amide bonds. The molecule has 0 saturated heterocycles. The van der Waals surface area contributed by atoms with Crippen LogP contribution in [0, 0.1) is 0 Å². The Hall–Kier alpha value is 0.447. The average Bonchev–Trinajstić information content (AvgIpc) is 2.01. The molecule has 0 aromatic heterocycles. The highest BCUT2D eigenvalue weighted by Gasteiger charge is 2.06. The summed E-state index contributed by atoms with van der Waals surface area (Å²) in [6, 6.07) is 0. The molecule has 0 bridgehead atoms. The van der Waals surface area contributed by atoms with Crippen LogP contribution in [0.15, 0.2) is 0 Å². The van der Waals surface area contributed by atoms with E-state index >= 15 is 0 Å². The van der Waals surface area contributed by atoms with Crippen molar-refractivity contribution in [1.29, 1.82) is 0 Å². The van der Waals surface area contributed by atoms with E-state index < -0.39 is 6.48 Å². The van der Waals surface area contributed by atoms with Crippen LogP contribution in [0.5, 0.6) is 0 Å². The van der Waals surface area contributed by atoms with E-state index in [0.29, 0.717) is 28.4 Å². The van der Waals surface area contributed by atoms with Crippen LogP contribution in [0.2, 0.25) is 0 Å². The molecule has 0 spiro atoms. The molecule has 66 valence electrons. The molecule has 3 nitrogen and oxygen atoms in total. The van der Waals surface area contributed by atoms with Crippen molar-refractivity contribution in [2.45, 2.75) is 20.3 Å². The first-order chi connectivity index (χ1) is 5.35. The largest absolute Gasteiger partial charge is 0.371 e. The Bertz CT molecular complexity index is 78.2. The summed E-state index contributed by atoms with van der Waals surface area (Å²) in [5.41, 5.74) is 0. The highest BCUT2D eigenvalue weighted by molar-refractivity contribution is 7.81.